The molecule has 0 saturated carbocycles. The van der Waals surface area contributed by atoms with Crippen LogP contribution in [0.25, 0.3) is 0 Å². The van der Waals surface area contributed by atoms with E-state index in [1.165, 1.54) is 12.1 Å². The summed E-state index contributed by atoms with van der Waals surface area (Å²) in [7, 11) is 1.81. The molecule has 0 amide bonds. The second-order valence-corrected chi connectivity index (χ2v) is 4.86. The molecular formula is C11H14FN5S. The normalized spacial score (nSPS) is 12.6. The van der Waals surface area contributed by atoms with Crippen molar-refractivity contribution in [1.29, 1.82) is 0 Å². The molecule has 5 nitrogen and oxygen atoms in total. The molecule has 0 aliphatic carbocycles. The first-order chi connectivity index (χ1) is 8.70. The number of nitrogens with two attached hydrogens (primary N) is 1. The monoisotopic (exact) mass is 267 g/mol. The van der Waals surface area contributed by atoms with Gasteiger partial charge in [-0.2, -0.15) is 0 Å². The molecule has 2 aromatic rings. The minimum atomic E-state index is -0.233. The van der Waals surface area contributed by atoms with Crippen molar-refractivity contribution in [2.75, 3.05) is 5.75 Å². The van der Waals surface area contributed by atoms with Crippen LogP contribution in [0.1, 0.15) is 11.7 Å². The number of nitrogens with one attached hydrogen (secondary N) is 1. The molecule has 0 bridgehead atoms. The summed E-state index contributed by atoms with van der Waals surface area (Å²) in [5.74, 6) is 6.01. The van der Waals surface area contributed by atoms with Crippen LogP contribution in [0, 0.1) is 5.82 Å². The van der Waals surface area contributed by atoms with Crippen LogP contribution in [-0.2, 0) is 7.05 Å². The first-order valence-electron chi connectivity index (χ1n) is 5.40. The van der Waals surface area contributed by atoms with Crippen molar-refractivity contribution in [3.8, 4) is 0 Å². The zero-order valence-electron chi connectivity index (χ0n) is 9.88. The van der Waals surface area contributed by atoms with Gasteiger partial charge in [0.1, 0.15) is 5.82 Å². The molecule has 96 valence electrons. The number of benzene rings is 1. The second kappa shape index (κ2) is 5.94. The van der Waals surface area contributed by atoms with E-state index in [-0.39, 0.29) is 11.9 Å². The van der Waals surface area contributed by atoms with Gasteiger partial charge >= 0.3 is 0 Å². The molecule has 0 aliphatic heterocycles. The molecule has 0 spiro atoms. The van der Waals surface area contributed by atoms with Crippen LogP contribution in [0.15, 0.2) is 35.4 Å². The van der Waals surface area contributed by atoms with E-state index in [4.69, 9.17) is 5.84 Å². The Hall–Kier alpha value is -1.44. The van der Waals surface area contributed by atoms with Gasteiger partial charge in [-0.3, -0.25) is 16.0 Å². The molecule has 2 rings (SSSR count). The van der Waals surface area contributed by atoms with Gasteiger partial charge in [-0.15, -0.1) is 16.9 Å². The zero-order valence-corrected chi connectivity index (χ0v) is 10.7. The van der Waals surface area contributed by atoms with Crippen molar-refractivity contribution in [3.63, 3.8) is 0 Å². The third-order valence-corrected chi connectivity index (χ3v) is 3.64. The Morgan fingerprint density at radius 3 is 2.72 bits per heavy atom. The largest absolute Gasteiger partial charge is 0.271 e. The van der Waals surface area contributed by atoms with Crippen molar-refractivity contribution < 1.29 is 4.39 Å². The van der Waals surface area contributed by atoms with Gasteiger partial charge in [-0.1, -0.05) is 5.21 Å². The van der Waals surface area contributed by atoms with E-state index in [1.54, 1.807) is 34.8 Å². The topological polar surface area (TPSA) is 68.8 Å². The average Bonchev–Trinajstić information content (AvgIpc) is 2.79. The lowest BCUT2D eigenvalue weighted by Crippen LogP contribution is -2.31. The fraction of sp³-hybridized carbons (Fsp3) is 0.273. The number of hydrazine groups is 1. The SMILES string of the molecule is Cn1nncc1C(CSc1ccc(F)cc1)NN. The molecule has 7 heteroatoms. The van der Waals surface area contributed by atoms with E-state index in [2.05, 4.69) is 15.7 Å². The Balaban J connectivity index is 2.00. The van der Waals surface area contributed by atoms with Crippen molar-refractivity contribution in [1.82, 2.24) is 20.4 Å². The summed E-state index contributed by atoms with van der Waals surface area (Å²) in [6.07, 6.45) is 1.68. The van der Waals surface area contributed by atoms with Gasteiger partial charge in [0.25, 0.3) is 0 Å². The van der Waals surface area contributed by atoms with Gasteiger partial charge in [0.05, 0.1) is 17.9 Å². The number of thioether (sulfide) groups is 1. The highest BCUT2D eigenvalue weighted by atomic mass is 32.2. The highest BCUT2D eigenvalue weighted by Gasteiger charge is 2.14. The van der Waals surface area contributed by atoms with Crippen LogP contribution >= 0.6 is 11.8 Å². The van der Waals surface area contributed by atoms with Crippen molar-refractivity contribution in [2.24, 2.45) is 12.9 Å². The number of hydrogen-bond acceptors (Lipinski definition) is 5. The van der Waals surface area contributed by atoms with Crippen LogP contribution < -0.4 is 11.3 Å². The van der Waals surface area contributed by atoms with Crippen LogP contribution in [0.3, 0.4) is 0 Å². The molecule has 0 radical (unpaired) electrons. The molecular weight excluding hydrogens is 253 g/mol. The van der Waals surface area contributed by atoms with Crippen LogP contribution in [-0.4, -0.2) is 20.7 Å². The molecule has 0 aliphatic rings. The first-order valence-corrected chi connectivity index (χ1v) is 6.38. The van der Waals surface area contributed by atoms with E-state index >= 15 is 0 Å². The van der Waals surface area contributed by atoms with Crippen LogP contribution in [0.5, 0.6) is 0 Å². The minimum absolute atomic E-state index is 0.0555. The minimum Gasteiger partial charge on any atom is -0.271 e. The van der Waals surface area contributed by atoms with Gasteiger partial charge < -0.3 is 0 Å². The van der Waals surface area contributed by atoms with Crippen molar-refractivity contribution in [3.05, 3.63) is 42.0 Å². The number of halogens is 1. The summed E-state index contributed by atoms with van der Waals surface area (Å²) in [5.41, 5.74) is 3.64. The fourth-order valence-corrected chi connectivity index (χ4v) is 2.50. The summed E-state index contributed by atoms with van der Waals surface area (Å²) in [6, 6.07) is 6.32. The molecule has 0 fully saturated rings. The van der Waals surface area contributed by atoms with E-state index in [0.717, 1.165) is 10.6 Å². The molecule has 1 aromatic carbocycles. The standard InChI is InChI=1S/C11H14FN5S/c1-17-11(6-14-16-17)10(15-13)7-18-9-4-2-8(12)3-5-9/h2-6,10,15H,7,13H2,1H3. The Morgan fingerprint density at radius 2 is 2.17 bits per heavy atom. The number of rotatable bonds is 5. The summed E-state index contributed by atoms with van der Waals surface area (Å²) in [4.78, 5) is 0.992. The fourth-order valence-electron chi connectivity index (χ4n) is 1.54. The third kappa shape index (κ3) is 3.06. The number of nitrogens with zero attached hydrogens (tertiary/aromatic N) is 3. The lowest BCUT2D eigenvalue weighted by molar-refractivity contribution is 0.551. The number of aryl methyl sites for hydroxylation is 1. The van der Waals surface area contributed by atoms with E-state index in [1.807, 2.05) is 7.05 Å². The molecule has 0 saturated heterocycles. The van der Waals surface area contributed by atoms with E-state index in [9.17, 15) is 4.39 Å². The first kappa shape index (κ1) is 13.0. The molecule has 18 heavy (non-hydrogen) atoms. The summed E-state index contributed by atoms with van der Waals surface area (Å²) in [6.45, 7) is 0. The lowest BCUT2D eigenvalue weighted by atomic mass is 10.3. The van der Waals surface area contributed by atoms with Crippen LogP contribution in [0.4, 0.5) is 4.39 Å². The Kier molecular flexibility index (Phi) is 4.29. The van der Waals surface area contributed by atoms with Gasteiger partial charge in [0.2, 0.25) is 0 Å². The summed E-state index contributed by atoms with van der Waals surface area (Å²) < 4.78 is 14.4. The van der Waals surface area contributed by atoms with Crippen molar-refractivity contribution in [2.45, 2.75) is 10.9 Å². The maximum absolute atomic E-state index is 12.8. The molecule has 1 heterocycles. The van der Waals surface area contributed by atoms with Gasteiger partial charge in [0.15, 0.2) is 0 Å². The molecule has 1 unspecified atom stereocenters. The van der Waals surface area contributed by atoms with Crippen molar-refractivity contribution >= 4 is 11.8 Å². The Morgan fingerprint density at radius 1 is 1.44 bits per heavy atom. The molecule has 1 aromatic heterocycles. The highest BCUT2D eigenvalue weighted by Crippen LogP contribution is 2.23. The zero-order chi connectivity index (χ0) is 13.0. The summed E-state index contributed by atoms with van der Waals surface area (Å²) in [5, 5.41) is 7.68. The predicted molar refractivity (Wildman–Crippen MR) is 68.2 cm³/mol. The number of aromatic nitrogens is 3. The Labute approximate surface area is 109 Å². The summed E-state index contributed by atoms with van der Waals surface area (Å²) >= 11 is 1.59. The van der Waals surface area contributed by atoms with Gasteiger partial charge in [-0.25, -0.2) is 4.39 Å². The molecule has 3 N–H and O–H groups in total. The van der Waals surface area contributed by atoms with Crippen LogP contribution in [0.2, 0.25) is 0 Å². The maximum atomic E-state index is 12.8. The smallest absolute Gasteiger partial charge is 0.123 e. The third-order valence-electron chi connectivity index (χ3n) is 2.54. The number of hydrogen-bond donors (Lipinski definition) is 2. The van der Waals surface area contributed by atoms with Gasteiger partial charge in [-0.05, 0) is 24.3 Å². The van der Waals surface area contributed by atoms with Gasteiger partial charge in [0, 0.05) is 17.7 Å². The Bertz CT molecular complexity index is 498. The lowest BCUT2D eigenvalue weighted by Gasteiger charge is -2.14. The predicted octanol–water partition coefficient (Wildman–Crippen LogP) is 1.25. The molecule has 1 atom stereocenters. The van der Waals surface area contributed by atoms with E-state index < -0.39 is 0 Å². The quantitative estimate of drug-likeness (QED) is 0.485. The highest BCUT2D eigenvalue weighted by molar-refractivity contribution is 7.99. The maximum Gasteiger partial charge on any atom is 0.123 e. The second-order valence-electron chi connectivity index (χ2n) is 3.77. The average molecular weight is 267 g/mol. The van der Waals surface area contributed by atoms with E-state index in [0.29, 0.717) is 5.75 Å².